The number of amides is 1. The van der Waals surface area contributed by atoms with Crippen LogP contribution in [0.5, 0.6) is 5.75 Å². The first kappa shape index (κ1) is 16.5. The average molecular weight is 341 g/mol. The van der Waals surface area contributed by atoms with Gasteiger partial charge in [0.15, 0.2) is 0 Å². The Morgan fingerprint density at radius 3 is 2.17 bits per heavy atom. The van der Waals surface area contributed by atoms with Gasteiger partial charge in [-0.15, -0.1) is 0 Å². The third-order valence-corrected chi connectivity index (χ3v) is 4.65. The van der Waals surface area contributed by atoms with Gasteiger partial charge in [0.05, 0.1) is 6.04 Å². The van der Waals surface area contributed by atoms with Crippen molar-refractivity contribution in [3.8, 4) is 5.75 Å². The Bertz CT molecular complexity index is 779. The van der Waals surface area contributed by atoms with Crippen LogP contribution in [0.1, 0.15) is 11.6 Å². The molecule has 24 heavy (non-hydrogen) atoms. The van der Waals surface area contributed by atoms with Gasteiger partial charge < -0.3 is 4.43 Å². The molecular weight excluding hydrogens is 321 g/mol. The summed E-state index contributed by atoms with van der Waals surface area (Å²) in [6, 6.07) is 13.5. The van der Waals surface area contributed by atoms with Crippen molar-refractivity contribution in [3.05, 3.63) is 72.1 Å². The molecule has 1 heterocycles. The minimum Gasteiger partial charge on any atom is -0.544 e. The highest BCUT2D eigenvalue weighted by Gasteiger charge is 2.42. The van der Waals surface area contributed by atoms with Crippen LogP contribution in [0.2, 0.25) is 19.6 Å². The van der Waals surface area contributed by atoms with Crippen molar-refractivity contribution >= 4 is 19.9 Å². The van der Waals surface area contributed by atoms with Gasteiger partial charge in [-0.3, -0.25) is 9.69 Å². The largest absolute Gasteiger partial charge is 0.544 e. The van der Waals surface area contributed by atoms with Crippen molar-refractivity contribution in [2.24, 2.45) is 0 Å². The third kappa shape index (κ3) is 3.12. The minimum atomic E-state index is -1.65. The molecule has 0 bridgehead atoms. The van der Waals surface area contributed by atoms with E-state index in [1.807, 2.05) is 24.3 Å². The number of anilines is 1. The van der Waals surface area contributed by atoms with Crippen molar-refractivity contribution in [2.75, 3.05) is 4.90 Å². The second-order valence-electron chi connectivity index (χ2n) is 6.86. The van der Waals surface area contributed by atoms with E-state index in [0.717, 1.165) is 11.3 Å². The number of hydrogen-bond acceptors (Lipinski definition) is 2. The predicted molar refractivity (Wildman–Crippen MR) is 96.2 cm³/mol. The molecule has 5 heteroatoms. The number of nitrogens with zero attached hydrogens (tertiary/aromatic N) is 1. The highest BCUT2D eigenvalue weighted by molar-refractivity contribution is 6.70. The molecule has 2 aromatic carbocycles. The normalized spacial score (nSPS) is 17.7. The van der Waals surface area contributed by atoms with E-state index in [-0.39, 0.29) is 17.8 Å². The smallest absolute Gasteiger partial charge is 0.256 e. The standard InChI is InChI=1S/C19H20FNO2Si/c1-13-18(14-5-11-17(12-6-14)23-24(2,3)4)21(19(13)22)16-9-7-15(20)8-10-16/h5-12,18H,1H2,2-4H3/t18-/m0/s1. The first-order valence-corrected chi connectivity index (χ1v) is 11.2. The summed E-state index contributed by atoms with van der Waals surface area (Å²) in [6.07, 6.45) is 0. The van der Waals surface area contributed by atoms with Crippen molar-refractivity contribution in [1.29, 1.82) is 0 Å². The fraction of sp³-hybridized carbons (Fsp3) is 0.211. The highest BCUT2D eigenvalue weighted by atomic mass is 28.4. The number of carbonyl (C=O) groups excluding carboxylic acids is 1. The van der Waals surface area contributed by atoms with Gasteiger partial charge in [0.25, 0.3) is 5.91 Å². The number of rotatable bonds is 4. The molecule has 1 saturated heterocycles. The molecular formula is C19H20FNO2Si. The third-order valence-electron chi connectivity index (χ3n) is 3.81. The van der Waals surface area contributed by atoms with Gasteiger partial charge in [-0.2, -0.15) is 0 Å². The summed E-state index contributed by atoms with van der Waals surface area (Å²) >= 11 is 0. The monoisotopic (exact) mass is 341 g/mol. The van der Waals surface area contributed by atoms with Crippen LogP contribution in [0.15, 0.2) is 60.7 Å². The maximum atomic E-state index is 13.1. The molecule has 2 aromatic rings. The zero-order valence-corrected chi connectivity index (χ0v) is 15.0. The Morgan fingerprint density at radius 1 is 1.04 bits per heavy atom. The number of halogens is 1. The second kappa shape index (κ2) is 5.91. The van der Waals surface area contributed by atoms with Crippen LogP contribution in [0.25, 0.3) is 0 Å². The summed E-state index contributed by atoms with van der Waals surface area (Å²) in [7, 11) is -1.65. The molecule has 0 aliphatic carbocycles. The molecule has 0 N–H and O–H groups in total. The topological polar surface area (TPSA) is 29.5 Å². The van der Waals surface area contributed by atoms with Crippen LogP contribution in [0.3, 0.4) is 0 Å². The zero-order chi connectivity index (χ0) is 17.5. The molecule has 124 valence electrons. The van der Waals surface area contributed by atoms with Crippen molar-refractivity contribution < 1.29 is 13.6 Å². The Morgan fingerprint density at radius 2 is 1.62 bits per heavy atom. The lowest BCUT2D eigenvalue weighted by atomic mass is 9.88. The summed E-state index contributed by atoms with van der Waals surface area (Å²) < 4.78 is 19.1. The molecule has 0 spiro atoms. The summed E-state index contributed by atoms with van der Waals surface area (Å²) in [4.78, 5) is 13.8. The molecule has 3 rings (SSSR count). The van der Waals surface area contributed by atoms with Gasteiger partial charge in [-0.25, -0.2) is 4.39 Å². The summed E-state index contributed by atoms with van der Waals surface area (Å²) in [5.74, 6) is 0.381. The van der Waals surface area contributed by atoms with Crippen molar-refractivity contribution in [3.63, 3.8) is 0 Å². The molecule has 0 radical (unpaired) electrons. The molecule has 3 nitrogen and oxygen atoms in total. The minimum absolute atomic E-state index is 0.131. The average Bonchev–Trinajstić information content (AvgIpc) is 2.52. The zero-order valence-electron chi connectivity index (χ0n) is 14.0. The molecule has 0 unspecified atom stereocenters. The number of carbonyl (C=O) groups is 1. The number of hydrogen-bond donors (Lipinski definition) is 0. The van der Waals surface area contributed by atoms with Gasteiger partial charge in [0.2, 0.25) is 8.32 Å². The molecule has 1 aliphatic heterocycles. The van der Waals surface area contributed by atoms with Gasteiger partial charge in [-0.05, 0) is 61.6 Å². The van der Waals surface area contributed by atoms with Gasteiger partial charge >= 0.3 is 0 Å². The lowest BCUT2D eigenvalue weighted by Crippen LogP contribution is -2.48. The van der Waals surface area contributed by atoms with E-state index >= 15 is 0 Å². The fourth-order valence-corrected chi connectivity index (χ4v) is 3.61. The number of β-lactam (4-membered cyclic amide) rings is 1. The molecule has 1 aliphatic rings. The number of benzene rings is 2. The van der Waals surface area contributed by atoms with Crippen LogP contribution in [-0.4, -0.2) is 14.2 Å². The van der Waals surface area contributed by atoms with Crippen LogP contribution in [0, 0.1) is 5.82 Å². The first-order valence-electron chi connectivity index (χ1n) is 7.83. The Labute approximate surface area is 142 Å². The van der Waals surface area contributed by atoms with Crippen molar-refractivity contribution in [2.45, 2.75) is 25.7 Å². The lowest BCUT2D eigenvalue weighted by molar-refractivity contribution is -0.118. The van der Waals surface area contributed by atoms with Gasteiger partial charge in [0.1, 0.15) is 11.6 Å². The quantitative estimate of drug-likeness (QED) is 0.459. The fourth-order valence-electron chi connectivity index (χ4n) is 2.77. The SMILES string of the molecule is C=C1C(=O)N(c2ccc(F)cc2)[C@@H]1c1ccc(O[Si](C)(C)C)cc1. The van der Waals surface area contributed by atoms with Crippen LogP contribution in [-0.2, 0) is 4.79 Å². The van der Waals surface area contributed by atoms with E-state index < -0.39 is 8.32 Å². The Balaban J connectivity index is 1.85. The molecule has 1 fully saturated rings. The van der Waals surface area contributed by atoms with E-state index in [1.54, 1.807) is 17.0 Å². The van der Waals surface area contributed by atoms with Crippen molar-refractivity contribution in [1.82, 2.24) is 0 Å². The molecule has 1 atom stereocenters. The van der Waals surface area contributed by atoms with E-state index in [9.17, 15) is 9.18 Å². The van der Waals surface area contributed by atoms with Crippen LogP contribution in [0.4, 0.5) is 10.1 Å². The Hall–Kier alpha value is -2.40. The maximum Gasteiger partial charge on any atom is 0.256 e. The summed E-state index contributed by atoms with van der Waals surface area (Å²) in [5, 5.41) is 0. The van der Waals surface area contributed by atoms with E-state index in [0.29, 0.717) is 11.3 Å². The molecule has 0 aromatic heterocycles. The van der Waals surface area contributed by atoms with E-state index in [2.05, 4.69) is 26.2 Å². The maximum absolute atomic E-state index is 13.1. The van der Waals surface area contributed by atoms with E-state index in [4.69, 9.17) is 4.43 Å². The highest BCUT2D eigenvalue weighted by Crippen LogP contribution is 2.42. The van der Waals surface area contributed by atoms with Gasteiger partial charge in [-0.1, -0.05) is 18.7 Å². The van der Waals surface area contributed by atoms with Crippen LogP contribution >= 0.6 is 0 Å². The van der Waals surface area contributed by atoms with Crippen LogP contribution < -0.4 is 9.33 Å². The predicted octanol–water partition coefficient (Wildman–Crippen LogP) is 4.68. The molecule has 1 amide bonds. The first-order chi connectivity index (χ1) is 11.3. The summed E-state index contributed by atoms with van der Waals surface area (Å²) in [5.41, 5.74) is 2.17. The molecule has 0 saturated carbocycles. The lowest BCUT2D eigenvalue weighted by Gasteiger charge is -2.42. The summed E-state index contributed by atoms with van der Waals surface area (Å²) in [6.45, 7) is 10.3. The van der Waals surface area contributed by atoms with E-state index in [1.165, 1.54) is 12.1 Å². The van der Waals surface area contributed by atoms with Gasteiger partial charge in [0, 0.05) is 11.3 Å². The Kier molecular flexibility index (Phi) is 4.05. The second-order valence-corrected chi connectivity index (χ2v) is 11.3.